The summed E-state index contributed by atoms with van der Waals surface area (Å²) in [6.45, 7) is 0. The van der Waals surface area contributed by atoms with Gasteiger partial charge in [0.1, 0.15) is 69.8 Å². The van der Waals surface area contributed by atoms with Crippen LogP contribution in [0.5, 0.6) is 0 Å². The molecule has 2 aromatic heterocycles. The molecule has 0 saturated heterocycles. The van der Waals surface area contributed by atoms with E-state index in [4.69, 9.17) is 0 Å². The highest BCUT2D eigenvalue weighted by Gasteiger charge is 2.38. The first-order valence-corrected chi connectivity index (χ1v) is 34.2. The highest BCUT2D eigenvalue weighted by molar-refractivity contribution is 9.11. The largest absolute Gasteiger partial charge is 0.415 e. The number of fused-ring (bicyclic) bond motifs is 6. The molecule has 12 aromatic carbocycles. The third-order valence-electron chi connectivity index (χ3n) is 15.1. The van der Waals surface area contributed by atoms with Crippen molar-refractivity contribution in [2.45, 2.75) is 0 Å². The summed E-state index contributed by atoms with van der Waals surface area (Å²) >= 11 is 7.17. The molecule has 0 atom stereocenters. The first kappa shape index (κ1) is 65.0. The number of hydrogen-bond donors (Lipinski definition) is 0. The molecular formula is C72H40Br2F12N2O3P3+. The van der Waals surface area contributed by atoms with E-state index in [2.05, 4.69) is 103 Å². The van der Waals surface area contributed by atoms with Crippen LogP contribution in [0.3, 0.4) is 0 Å². The van der Waals surface area contributed by atoms with Gasteiger partial charge in [-0.2, -0.15) is 0 Å². The van der Waals surface area contributed by atoms with E-state index in [0.29, 0.717) is 47.4 Å². The molecule has 0 aliphatic rings. The minimum absolute atomic E-state index is 0.0767. The van der Waals surface area contributed by atoms with E-state index in [0.717, 1.165) is 104 Å². The summed E-state index contributed by atoms with van der Waals surface area (Å²) in [4.78, 5) is 0. The molecule has 0 radical (unpaired) electrons. The quantitative estimate of drug-likeness (QED) is 0.101. The SMILES string of the molecule is Brc1cc(Br)cc(-n2c3ccccc3c3ccccc32)c1.O=P(c1cc(F)cc(F)c1)(c1cc(F)cc(F)c1)c1cc(-n2c3ccccc3c3ccccc32)cc(P(=O)(c2cc(F)cc(F)c2)c2cc(F)cc(F)c2)c1.O=[P+](c1cc(F)cc(F)c1)c1cc(F)cc(F)c1. The van der Waals surface area contributed by atoms with Gasteiger partial charge in [-0.3, -0.25) is 0 Å². The van der Waals surface area contributed by atoms with Crippen LogP contribution in [0.1, 0.15) is 0 Å². The molecule has 0 bridgehead atoms. The van der Waals surface area contributed by atoms with Crippen LogP contribution in [0.15, 0.2) is 252 Å². The van der Waals surface area contributed by atoms with Crippen LogP contribution in [0.2, 0.25) is 0 Å². The molecule has 468 valence electrons. The monoisotopic (exact) mass is 1460 g/mol. The Hall–Kier alpha value is -9.08. The van der Waals surface area contributed by atoms with Crippen molar-refractivity contribution in [1.29, 1.82) is 0 Å². The second kappa shape index (κ2) is 26.4. The van der Waals surface area contributed by atoms with Gasteiger partial charge in [-0.1, -0.05) is 109 Å². The number of para-hydroxylation sites is 4. The number of halogens is 14. The van der Waals surface area contributed by atoms with E-state index in [1.807, 2.05) is 12.1 Å². The van der Waals surface area contributed by atoms with Gasteiger partial charge in [0.25, 0.3) is 0 Å². The standard InChI is InChI=1S/C42H23F8NO2P2.C18H11Br2N.C12H6F4OP/c43-24-9-25(44)14-33(13-24)54(52,34-15-26(45)10-27(46)16-34)37-21-32(51-41-7-3-1-5-39(41)40-6-2-4-8-42(40)51)22-38(23-37)55(53,35-17-28(47)11-29(48)18-35)36-19-30(49)12-31(50)20-36;19-12-9-13(20)11-14(10-12)21-17-7-3-1-5-15(17)16-6-2-4-8-18(16)21;13-7-1-8(14)4-11(3-7)18(17)12-5-9(15)2-10(16)6-12/h1-23H;1-11H;1-6H/q;;+1. The van der Waals surface area contributed by atoms with Crippen molar-refractivity contribution >= 4 is 140 Å². The molecular weight excluding hydrogens is 1420 g/mol. The van der Waals surface area contributed by atoms with Gasteiger partial charge < -0.3 is 18.3 Å². The minimum atomic E-state index is -4.84. The van der Waals surface area contributed by atoms with Crippen LogP contribution in [0.4, 0.5) is 52.7 Å². The summed E-state index contributed by atoms with van der Waals surface area (Å²) in [5.74, 6) is -13.0. The maximum atomic E-state index is 15.8. The molecule has 14 rings (SSSR count). The topological polar surface area (TPSA) is 61.1 Å². The minimum Gasteiger partial charge on any atom is -0.309 e. The zero-order valence-corrected chi connectivity index (χ0v) is 53.7. The fraction of sp³-hybridized carbons (Fsp3) is 0. The Kier molecular flexibility index (Phi) is 18.2. The van der Waals surface area contributed by atoms with Crippen molar-refractivity contribution in [2.75, 3.05) is 0 Å². The first-order valence-electron chi connectivity index (χ1n) is 28.0. The summed E-state index contributed by atoms with van der Waals surface area (Å²) in [6.07, 6.45) is 0. The maximum Gasteiger partial charge on any atom is 0.415 e. The number of benzene rings is 12. The third-order valence-corrected chi connectivity index (χ3v) is 23.4. The summed E-state index contributed by atoms with van der Waals surface area (Å²) in [6, 6.07) is 53.8. The smallest absolute Gasteiger partial charge is 0.309 e. The van der Waals surface area contributed by atoms with Crippen LogP contribution in [0.25, 0.3) is 55.0 Å². The van der Waals surface area contributed by atoms with E-state index in [9.17, 15) is 57.3 Å². The van der Waals surface area contributed by atoms with Gasteiger partial charge in [0.05, 0.1) is 22.1 Å². The van der Waals surface area contributed by atoms with Crippen molar-refractivity contribution in [3.63, 3.8) is 0 Å². The zero-order chi connectivity index (χ0) is 66.5. The normalized spacial score (nSPS) is 11.6. The zero-order valence-electron chi connectivity index (χ0n) is 47.8. The molecule has 94 heavy (non-hydrogen) atoms. The average Bonchev–Trinajstić information content (AvgIpc) is 1.14. The van der Waals surface area contributed by atoms with Crippen molar-refractivity contribution in [2.24, 2.45) is 0 Å². The highest BCUT2D eigenvalue weighted by Crippen LogP contribution is 2.48. The average molecular weight is 1460 g/mol. The van der Waals surface area contributed by atoms with Crippen LogP contribution < -0.4 is 42.4 Å². The van der Waals surface area contributed by atoms with E-state index >= 15 is 9.13 Å². The van der Waals surface area contributed by atoms with E-state index in [-0.39, 0.29) is 26.9 Å². The van der Waals surface area contributed by atoms with E-state index in [1.165, 1.54) is 33.9 Å². The summed E-state index contributed by atoms with van der Waals surface area (Å²) in [5.41, 5.74) is 4.78. The number of rotatable bonds is 10. The lowest BCUT2D eigenvalue weighted by molar-refractivity contribution is 0.578. The van der Waals surface area contributed by atoms with E-state index in [1.54, 1.807) is 41.0 Å². The lowest BCUT2D eigenvalue weighted by Gasteiger charge is -2.26. The fourth-order valence-corrected chi connectivity index (χ4v) is 19.5. The molecule has 0 fully saturated rings. The first-order chi connectivity index (χ1) is 44.9. The Balaban J connectivity index is 0.000000175. The Labute approximate surface area is 545 Å². The number of nitrogens with zero attached hydrogens (tertiary/aromatic N) is 2. The fourth-order valence-electron chi connectivity index (χ4n) is 11.4. The Morgan fingerprint density at radius 2 is 0.479 bits per heavy atom. The molecule has 0 spiro atoms. The van der Waals surface area contributed by atoms with Crippen molar-refractivity contribution in [3.05, 3.63) is 321 Å². The molecule has 0 aliphatic carbocycles. The van der Waals surface area contributed by atoms with Crippen molar-refractivity contribution in [1.82, 2.24) is 9.13 Å². The van der Waals surface area contributed by atoms with Crippen molar-refractivity contribution < 1.29 is 66.4 Å². The molecule has 0 aliphatic heterocycles. The van der Waals surface area contributed by atoms with Gasteiger partial charge in [0, 0.05) is 134 Å². The summed E-state index contributed by atoms with van der Waals surface area (Å²) in [7, 11) is -12.1. The molecule has 5 nitrogen and oxygen atoms in total. The van der Waals surface area contributed by atoms with Crippen LogP contribution in [0, 0.1) is 69.8 Å². The van der Waals surface area contributed by atoms with Crippen LogP contribution >= 0.6 is 53.9 Å². The van der Waals surface area contributed by atoms with Crippen LogP contribution in [-0.2, 0) is 13.7 Å². The molecule has 0 saturated carbocycles. The molecule has 0 unspecified atom stereocenters. The van der Waals surface area contributed by atoms with Crippen molar-refractivity contribution in [3.8, 4) is 11.4 Å². The maximum absolute atomic E-state index is 15.8. The Morgan fingerprint density at radius 3 is 0.734 bits per heavy atom. The van der Waals surface area contributed by atoms with Gasteiger partial charge in [-0.25, -0.2) is 52.7 Å². The molecule has 14 aromatic rings. The predicted molar refractivity (Wildman–Crippen MR) is 355 cm³/mol. The second-order valence-electron chi connectivity index (χ2n) is 21.4. The molecule has 2 heterocycles. The van der Waals surface area contributed by atoms with E-state index < -0.39 is 113 Å². The molecule has 22 heteroatoms. The van der Waals surface area contributed by atoms with Gasteiger partial charge in [0.2, 0.25) is 10.6 Å². The molecule has 0 amide bonds. The number of aromatic nitrogens is 2. The van der Waals surface area contributed by atoms with Gasteiger partial charge in [-0.05, 0) is 109 Å². The Bertz CT molecular complexity index is 4940. The number of hydrogen-bond acceptors (Lipinski definition) is 3. The summed E-state index contributed by atoms with van der Waals surface area (Å²) < 4.78 is 221. The Morgan fingerprint density at radius 1 is 0.266 bits per heavy atom. The highest BCUT2D eigenvalue weighted by atomic mass is 79.9. The summed E-state index contributed by atoms with van der Waals surface area (Å²) in [5, 5.41) is 0.732. The lowest BCUT2D eigenvalue weighted by atomic mass is 10.2. The van der Waals surface area contributed by atoms with Gasteiger partial charge in [-0.15, -0.1) is 0 Å². The van der Waals surface area contributed by atoms with Crippen LogP contribution in [-0.4, -0.2) is 9.13 Å². The van der Waals surface area contributed by atoms with Gasteiger partial charge in [0.15, 0.2) is 14.3 Å². The predicted octanol–water partition coefficient (Wildman–Crippen LogP) is 18.5. The second-order valence-corrected chi connectivity index (χ2v) is 30.3. The third kappa shape index (κ3) is 13.0. The molecule has 0 N–H and O–H groups in total. The lowest BCUT2D eigenvalue weighted by Crippen LogP contribution is -2.32. The van der Waals surface area contributed by atoms with Gasteiger partial charge >= 0.3 is 7.80 Å².